The summed E-state index contributed by atoms with van der Waals surface area (Å²) in [5.41, 5.74) is 0.168. The average molecular weight is 309 g/mol. The molecule has 1 aliphatic rings. The van der Waals surface area contributed by atoms with E-state index in [9.17, 15) is 18.3 Å². The number of hydrogen-bond donors (Lipinski definition) is 2. The molecule has 1 saturated heterocycles. The van der Waals surface area contributed by atoms with Gasteiger partial charge in [-0.25, -0.2) is 0 Å². The van der Waals surface area contributed by atoms with E-state index in [0.717, 1.165) is 0 Å². The molecule has 0 aliphatic carbocycles. The zero-order valence-electron chi connectivity index (χ0n) is 11.0. The highest BCUT2D eigenvalue weighted by Crippen LogP contribution is 2.43. The first-order valence-electron chi connectivity index (χ1n) is 6.31. The maximum Gasteiger partial charge on any atom is 0.408 e. The fourth-order valence-electron chi connectivity index (χ4n) is 2.49. The number of phenols is 1. The summed E-state index contributed by atoms with van der Waals surface area (Å²) in [6, 6.07) is 0.817. The van der Waals surface area contributed by atoms with Gasteiger partial charge in [-0.15, -0.1) is 0 Å². The molecule has 1 aliphatic heterocycles. The van der Waals surface area contributed by atoms with Crippen molar-refractivity contribution in [1.29, 1.82) is 0 Å². The lowest BCUT2D eigenvalue weighted by Crippen LogP contribution is -2.49. The van der Waals surface area contributed by atoms with Gasteiger partial charge in [0.2, 0.25) is 0 Å². The van der Waals surface area contributed by atoms with Gasteiger partial charge in [-0.3, -0.25) is 4.90 Å². The Morgan fingerprint density at radius 2 is 1.90 bits per heavy atom. The van der Waals surface area contributed by atoms with E-state index in [-0.39, 0.29) is 29.4 Å². The third-order valence-corrected chi connectivity index (χ3v) is 3.63. The summed E-state index contributed by atoms with van der Waals surface area (Å²) >= 11 is 5.85. The third kappa shape index (κ3) is 3.19. The largest absolute Gasteiger partial charge is 0.507 e. The fraction of sp³-hybridized carbons (Fsp3) is 0.538. The van der Waals surface area contributed by atoms with Crippen molar-refractivity contribution in [3.8, 4) is 5.75 Å². The summed E-state index contributed by atoms with van der Waals surface area (Å²) in [4.78, 5) is 1.32. The molecule has 0 unspecified atom stereocenters. The van der Waals surface area contributed by atoms with Crippen LogP contribution in [-0.2, 0) is 0 Å². The number of aryl methyl sites for hydroxylation is 1. The molecule has 3 nitrogen and oxygen atoms in total. The second kappa shape index (κ2) is 5.79. The molecule has 1 aromatic carbocycles. The summed E-state index contributed by atoms with van der Waals surface area (Å²) in [6.07, 6.45) is -4.47. The number of aromatic hydroxyl groups is 1. The van der Waals surface area contributed by atoms with E-state index in [0.29, 0.717) is 18.7 Å². The monoisotopic (exact) mass is 308 g/mol. The molecule has 2 rings (SSSR count). The zero-order chi connectivity index (χ0) is 14.9. The van der Waals surface area contributed by atoms with Crippen LogP contribution >= 0.6 is 11.6 Å². The average Bonchev–Trinajstić information content (AvgIpc) is 2.35. The van der Waals surface area contributed by atoms with Gasteiger partial charge in [0.15, 0.2) is 0 Å². The van der Waals surface area contributed by atoms with Crippen molar-refractivity contribution in [1.82, 2.24) is 10.2 Å². The molecule has 0 spiro atoms. The van der Waals surface area contributed by atoms with Crippen LogP contribution in [0.25, 0.3) is 0 Å². The standard InChI is InChI=1S/C13H16ClF3N2O/c1-8-6-9(14)7-10(11(8)20)12(13(15,16)17)19-4-2-18-3-5-19/h6-7,12,18,20H,2-5H2,1H3/t12-/m1/s1. The van der Waals surface area contributed by atoms with Gasteiger partial charge in [0.25, 0.3) is 0 Å². The van der Waals surface area contributed by atoms with Gasteiger partial charge < -0.3 is 10.4 Å². The number of hydrogen-bond acceptors (Lipinski definition) is 3. The topological polar surface area (TPSA) is 35.5 Å². The number of nitrogens with zero attached hydrogens (tertiary/aromatic N) is 1. The molecule has 20 heavy (non-hydrogen) atoms. The van der Waals surface area contributed by atoms with Crippen LogP contribution in [-0.4, -0.2) is 42.4 Å². The van der Waals surface area contributed by atoms with Crippen molar-refractivity contribution in [2.75, 3.05) is 26.2 Å². The normalized spacial score (nSPS) is 19.1. The molecule has 1 heterocycles. The number of rotatable bonds is 2. The van der Waals surface area contributed by atoms with E-state index >= 15 is 0 Å². The first kappa shape index (κ1) is 15.4. The molecule has 1 atom stereocenters. The predicted molar refractivity (Wildman–Crippen MR) is 71.1 cm³/mol. The van der Waals surface area contributed by atoms with Crippen molar-refractivity contribution >= 4 is 11.6 Å². The highest BCUT2D eigenvalue weighted by atomic mass is 35.5. The van der Waals surface area contributed by atoms with Crippen LogP contribution in [0.4, 0.5) is 13.2 Å². The van der Waals surface area contributed by atoms with Gasteiger partial charge in [-0.05, 0) is 24.6 Å². The highest BCUT2D eigenvalue weighted by Gasteiger charge is 2.46. The van der Waals surface area contributed by atoms with Crippen LogP contribution in [0.2, 0.25) is 5.02 Å². The van der Waals surface area contributed by atoms with E-state index in [2.05, 4.69) is 5.32 Å². The molecule has 1 aromatic rings. The minimum Gasteiger partial charge on any atom is -0.507 e. The van der Waals surface area contributed by atoms with Crippen LogP contribution < -0.4 is 5.32 Å². The van der Waals surface area contributed by atoms with Gasteiger partial charge in [0.1, 0.15) is 11.8 Å². The number of alkyl halides is 3. The Morgan fingerprint density at radius 1 is 1.30 bits per heavy atom. The quantitative estimate of drug-likeness (QED) is 0.882. The minimum atomic E-state index is -4.47. The number of benzene rings is 1. The number of nitrogens with one attached hydrogen (secondary N) is 1. The SMILES string of the molecule is Cc1cc(Cl)cc([C@@H](N2CCNCC2)C(F)(F)F)c1O. The summed E-state index contributed by atoms with van der Waals surface area (Å²) < 4.78 is 40.3. The van der Waals surface area contributed by atoms with Crippen LogP contribution in [0.1, 0.15) is 17.2 Å². The lowest BCUT2D eigenvalue weighted by molar-refractivity contribution is -0.188. The fourth-order valence-corrected chi connectivity index (χ4v) is 2.77. The minimum absolute atomic E-state index is 0.176. The number of halogens is 4. The molecule has 0 aromatic heterocycles. The first-order valence-corrected chi connectivity index (χ1v) is 6.69. The summed E-state index contributed by atoms with van der Waals surface area (Å²) in [5.74, 6) is -0.338. The van der Waals surface area contributed by atoms with E-state index in [4.69, 9.17) is 11.6 Å². The van der Waals surface area contributed by atoms with Crippen molar-refractivity contribution in [2.24, 2.45) is 0 Å². The second-order valence-electron chi connectivity index (χ2n) is 4.89. The predicted octanol–water partition coefficient (Wildman–Crippen LogP) is 2.86. The Balaban J connectivity index is 2.46. The van der Waals surface area contributed by atoms with Crippen LogP contribution in [0, 0.1) is 6.92 Å². The summed E-state index contributed by atoms with van der Waals surface area (Å²) in [7, 11) is 0. The lowest BCUT2D eigenvalue weighted by Gasteiger charge is -2.36. The molecular weight excluding hydrogens is 293 g/mol. The van der Waals surface area contributed by atoms with Gasteiger partial charge in [-0.1, -0.05) is 11.6 Å². The van der Waals surface area contributed by atoms with E-state index in [1.54, 1.807) is 0 Å². The third-order valence-electron chi connectivity index (χ3n) is 3.42. The highest BCUT2D eigenvalue weighted by molar-refractivity contribution is 6.30. The van der Waals surface area contributed by atoms with Crippen LogP contribution in [0.5, 0.6) is 5.75 Å². The molecule has 7 heteroatoms. The Kier molecular flexibility index (Phi) is 4.46. The first-order chi connectivity index (χ1) is 9.30. The molecule has 2 N–H and O–H groups in total. The Labute approximate surface area is 120 Å². The molecule has 0 amide bonds. The molecule has 112 valence electrons. The van der Waals surface area contributed by atoms with Crippen molar-refractivity contribution < 1.29 is 18.3 Å². The Morgan fingerprint density at radius 3 is 2.45 bits per heavy atom. The summed E-state index contributed by atoms with van der Waals surface area (Å²) in [6.45, 7) is 3.07. The van der Waals surface area contributed by atoms with Crippen molar-refractivity contribution in [3.63, 3.8) is 0 Å². The van der Waals surface area contributed by atoms with Gasteiger partial charge >= 0.3 is 6.18 Å². The Hall–Kier alpha value is -0.980. The van der Waals surface area contributed by atoms with Crippen LogP contribution in [0.15, 0.2) is 12.1 Å². The van der Waals surface area contributed by atoms with E-state index in [1.807, 2.05) is 0 Å². The smallest absolute Gasteiger partial charge is 0.408 e. The molecular formula is C13H16ClF3N2O. The zero-order valence-corrected chi connectivity index (χ0v) is 11.7. The summed E-state index contributed by atoms with van der Waals surface area (Å²) in [5, 5.41) is 13.2. The number of piperazine rings is 1. The number of phenolic OH excluding ortho intramolecular Hbond substituents is 1. The van der Waals surface area contributed by atoms with E-state index < -0.39 is 12.2 Å². The molecule has 1 fully saturated rings. The molecule has 0 radical (unpaired) electrons. The Bertz CT molecular complexity index is 487. The van der Waals surface area contributed by atoms with E-state index in [1.165, 1.54) is 24.0 Å². The van der Waals surface area contributed by atoms with Gasteiger partial charge in [0.05, 0.1) is 0 Å². The molecule has 0 bridgehead atoms. The maximum atomic E-state index is 13.4. The van der Waals surface area contributed by atoms with Crippen molar-refractivity contribution in [2.45, 2.75) is 19.1 Å². The van der Waals surface area contributed by atoms with Crippen molar-refractivity contribution in [3.05, 3.63) is 28.3 Å². The van der Waals surface area contributed by atoms with Gasteiger partial charge in [-0.2, -0.15) is 13.2 Å². The van der Waals surface area contributed by atoms with Gasteiger partial charge in [0, 0.05) is 36.8 Å². The second-order valence-corrected chi connectivity index (χ2v) is 5.33. The molecule has 0 saturated carbocycles. The van der Waals surface area contributed by atoms with Crippen LogP contribution in [0.3, 0.4) is 0 Å². The lowest BCUT2D eigenvalue weighted by atomic mass is 10.00. The maximum absolute atomic E-state index is 13.4.